The summed E-state index contributed by atoms with van der Waals surface area (Å²) in [4.78, 5) is 0. The molecule has 0 saturated heterocycles. The van der Waals surface area contributed by atoms with Crippen molar-refractivity contribution in [2.75, 3.05) is 7.11 Å². The summed E-state index contributed by atoms with van der Waals surface area (Å²) < 4.78 is 5.41. The van der Waals surface area contributed by atoms with E-state index in [0.717, 1.165) is 11.1 Å². The summed E-state index contributed by atoms with van der Waals surface area (Å²) in [5.74, 6) is 0.899. The zero-order chi connectivity index (χ0) is 13.3. The molecule has 0 aliphatic rings. The monoisotopic (exact) mass is 243 g/mol. The van der Waals surface area contributed by atoms with Gasteiger partial charge in [0.05, 0.1) is 7.11 Å². The van der Waals surface area contributed by atoms with Gasteiger partial charge in [0.15, 0.2) is 0 Å². The van der Waals surface area contributed by atoms with Crippen LogP contribution in [0.3, 0.4) is 0 Å². The highest BCUT2D eigenvalue weighted by molar-refractivity contribution is 5.91. The maximum Gasteiger partial charge on any atom is 0.126 e. The fourth-order valence-corrected chi connectivity index (χ4v) is 2.21. The first-order valence-corrected chi connectivity index (χ1v) is 6.26. The van der Waals surface area contributed by atoms with Gasteiger partial charge in [0, 0.05) is 11.4 Å². The van der Waals surface area contributed by atoms with Crippen LogP contribution in [0.15, 0.2) is 36.4 Å². The Morgan fingerprint density at radius 1 is 1.00 bits per heavy atom. The first-order chi connectivity index (χ1) is 8.45. The van der Waals surface area contributed by atoms with E-state index in [1.54, 1.807) is 7.11 Å². The molecule has 0 heterocycles. The normalized spacial score (nSPS) is 13.6. The SMILES string of the molecule is COc1ccc(C(N)C(C)(C)C)c2ccccc12. The molecule has 2 N–H and O–H groups in total. The van der Waals surface area contributed by atoms with Crippen LogP contribution in [0, 0.1) is 5.41 Å². The molecule has 2 nitrogen and oxygen atoms in total. The molecular weight excluding hydrogens is 222 g/mol. The number of nitrogens with two attached hydrogens (primary N) is 1. The predicted octanol–water partition coefficient (Wildman–Crippen LogP) is 3.89. The molecular formula is C16H21NO. The van der Waals surface area contributed by atoms with Gasteiger partial charge in [0.1, 0.15) is 5.75 Å². The van der Waals surface area contributed by atoms with Crippen molar-refractivity contribution in [2.45, 2.75) is 26.8 Å². The Balaban J connectivity index is 2.67. The fourth-order valence-electron chi connectivity index (χ4n) is 2.21. The summed E-state index contributed by atoms with van der Waals surface area (Å²) in [7, 11) is 1.70. The lowest BCUT2D eigenvalue weighted by molar-refractivity contribution is 0.328. The summed E-state index contributed by atoms with van der Waals surface area (Å²) in [5, 5.41) is 2.30. The highest BCUT2D eigenvalue weighted by Gasteiger charge is 2.24. The van der Waals surface area contributed by atoms with Crippen LogP contribution in [-0.2, 0) is 0 Å². The second-order valence-electron chi connectivity index (χ2n) is 5.75. The molecule has 96 valence electrons. The van der Waals surface area contributed by atoms with Gasteiger partial charge < -0.3 is 10.5 Å². The van der Waals surface area contributed by atoms with Crippen LogP contribution < -0.4 is 10.5 Å². The first-order valence-electron chi connectivity index (χ1n) is 6.26. The van der Waals surface area contributed by atoms with Crippen LogP contribution in [0.25, 0.3) is 10.8 Å². The first kappa shape index (κ1) is 12.9. The summed E-state index contributed by atoms with van der Waals surface area (Å²) >= 11 is 0. The highest BCUT2D eigenvalue weighted by Crippen LogP contribution is 2.37. The van der Waals surface area contributed by atoms with Gasteiger partial charge in [-0.15, -0.1) is 0 Å². The number of fused-ring (bicyclic) bond motifs is 1. The predicted molar refractivity (Wildman–Crippen MR) is 76.9 cm³/mol. The van der Waals surface area contributed by atoms with Crippen molar-refractivity contribution in [3.8, 4) is 5.75 Å². The van der Waals surface area contributed by atoms with E-state index in [-0.39, 0.29) is 11.5 Å². The fraction of sp³-hybridized carbons (Fsp3) is 0.375. The van der Waals surface area contributed by atoms with E-state index in [4.69, 9.17) is 10.5 Å². The lowest BCUT2D eigenvalue weighted by Gasteiger charge is -2.28. The van der Waals surface area contributed by atoms with Crippen molar-refractivity contribution in [1.82, 2.24) is 0 Å². The Kier molecular flexibility index (Phi) is 3.31. The third kappa shape index (κ3) is 2.21. The van der Waals surface area contributed by atoms with Crippen LogP contribution >= 0.6 is 0 Å². The minimum absolute atomic E-state index is 0.00769. The number of rotatable bonds is 2. The van der Waals surface area contributed by atoms with Gasteiger partial charge in [-0.2, -0.15) is 0 Å². The van der Waals surface area contributed by atoms with E-state index < -0.39 is 0 Å². The third-order valence-corrected chi connectivity index (χ3v) is 3.41. The zero-order valence-corrected chi connectivity index (χ0v) is 11.5. The Morgan fingerprint density at radius 2 is 1.61 bits per heavy atom. The van der Waals surface area contributed by atoms with E-state index in [2.05, 4.69) is 39.0 Å². The molecule has 0 aromatic heterocycles. The molecule has 2 aromatic carbocycles. The molecule has 2 rings (SSSR count). The molecule has 18 heavy (non-hydrogen) atoms. The van der Waals surface area contributed by atoms with Gasteiger partial charge in [-0.25, -0.2) is 0 Å². The van der Waals surface area contributed by atoms with Crippen molar-refractivity contribution < 1.29 is 4.74 Å². The molecule has 0 spiro atoms. The van der Waals surface area contributed by atoms with Gasteiger partial charge in [-0.3, -0.25) is 0 Å². The summed E-state index contributed by atoms with van der Waals surface area (Å²) in [5.41, 5.74) is 7.61. The molecule has 2 aromatic rings. The van der Waals surface area contributed by atoms with E-state index in [0.29, 0.717) is 0 Å². The summed E-state index contributed by atoms with van der Waals surface area (Å²) in [6.45, 7) is 6.49. The van der Waals surface area contributed by atoms with E-state index in [9.17, 15) is 0 Å². The van der Waals surface area contributed by atoms with E-state index >= 15 is 0 Å². The van der Waals surface area contributed by atoms with E-state index in [1.807, 2.05) is 18.2 Å². The number of methoxy groups -OCH3 is 1. The topological polar surface area (TPSA) is 35.2 Å². The molecule has 1 atom stereocenters. The van der Waals surface area contributed by atoms with Crippen LogP contribution in [0.2, 0.25) is 0 Å². The van der Waals surface area contributed by atoms with Gasteiger partial charge in [0.25, 0.3) is 0 Å². The molecule has 0 amide bonds. The molecule has 2 heteroatoms. The zero-order valence-electron chi connectivity index (χ0n) is 11.5. The number of benzene rings is 2. The van der Waals surface area contributed by atoms with Gasteiger partial charge in [0.2, 0.25) is 0 Å². The maximum absolute atomic E-state index is 6.39. The number of hydrogen-bond donors (Lipinski definition) is 1. The second kappa shape index (κ2) is 4.62. The van der Waals surface area contributed by atoms with Crippen LogP contribution in [0.1, 0.15) is 32.4 Å². The summed E-state index contributed by atoms with van der Waals surface area (Å²) in [6, 6.07) is 12.3. The second-order valence-corrected chi connectivity index (χ2v) is 5.75. The molecule has 0 aliphatic heterocycles. The Hall–Kier alpha value is -1.54. The minimum Gasteiger partial charge on any atom is -0.496 e. The van der Waals surface area contributed by atoms with Crippen molar-refractivity contribution in [3.63, 3.8) is 0 Å². The molecule has 0 bridgehead atoms. The van der Waals surface area contributed by atoms with Gasteiger partial charge >= 0.3 is 0 Å². The molecule has 0 fully saturated rings. The quantitative estimate of drug-likeness (QED) is 0.868. The van der Waals surface area contributed by atoms with Crippen molar-refractivity contribution in [3.05, 3.63) is 42.0 Å². The average Bonchev–Trinajstić information content (AvgIpc) is 2.35. The number of ether oxygens (including phenoxy) is 1. The molecule has 0 aliphatic carbocycles. The number of hydrogen-bond acceptors (Lipinski definition) is 2. The third-order valence-electron chi connectivity index (χ3n) is 3.41. The van der Waals surface area contributed by atoms with Crippen molar-refractivity contribution in [1.29, 1.82) is 0 Å². The lowest BCUT2D eigenvalue weighted by Crippen LogP contribution is -2.26. The molecule has 1 unspecified atom stereocenters. The van der Waals surface area contributed by atoms with Crippen LogP contribution in [-0.4, -0.2) is 7.11 Å². The Labute approximate surface area is 109 Å². The maximum atomic E-state index is 6.39. The average molecular weight is 243 g/mol. The van der Waals surface area contributed by atoms with Crippen molar-refractivity contribution >= 4 is 10.8 Å². The standard InChI is InChI=1S/C16H21NO/c1-16(2,3)15(17)13-9-10-14(18-4)12-8-6-5-7-11(12)13/h5-10,15H,17H2,1-4H3. The highest BCUT2D eigenvalue weighted by atomic mass is 16.5. The molecule has 0 saturated carbocycles. The van der Waals surface area contributed by atoms with Crippen LogP contribution in [0.4, 0.5) is 0 Å². The molecule has 0 radical (unpaired) electrons. The summed E-state index contributed by atoms with van der Waals surface area (Å²) in [6.07, 6.45) is 0. The van der Waals surface area contributed by atoms with Gasteiger partial charge in [-0.1, -0.05) is 51.1 Å². The lowest BCUT2D eigenvalue weighted by atomic mass is 9.81. The van der Waals surface area contributed by atoms with E-state index in [1.165, 1.54) is 10.9 Å². The largest absolute Gasteiger partial charge is 0.496 e. The minimum atomic E-state index is 0.00769. The smallest absolute Gasteiger partial charge is 0.126 e. The van der Waals surface area contributed by atoms with Crippen molar-refractivity contribution in [2.24, 2.45) is 11.1 Å². The Morgan fingerprint density at radius 3 is 2.17 bits per heavy atom. The van der Waals surface area contributed by atoms with Crippen LogP contribution in [0.5, 0.6) is 5.75 Å². The Bertz CT molecular complexity index is 555. The van der Waals surface area contributed by atoms with Gasteiger partial charge in [-0.05, 0) is 22.4 Å².